The highest BCUT2D eigenvalue weighted by atomic mass is 16.3. The van der Waals surface area contributed by atoms with Crippen molar-refractivity contribution in [3.8, 4) is 6.19 Å². The zero-order valence-electron chi connectivity index (χ0n) is 17.7. The van der Waals surface area contributed by atoms with Gasteiger partial charge in [-0.2, -0.15) is 5.26 Å². The van der Waals surface area contributed by atoms with Gasteiger partial charge < -0.3 is 10.0 Å². The first kappa shape index (κ1) is 19.8. The summed E-state index contributed by atoms with van der Waals surface area (Å²) in [6.45, 7) is 5.84. The van der Waals surface area contributed by atoms with Crippen LogP contribution in [-0.4, -0.2) is 64.7 Å². The number of piperazine rings is 1. The molecule has 1 saturated heterocycles. The molecule has 3 atom stereocenters. The van der Waals surface area contributed by atoms with Gasteiger partial charge in [-0.1, -0.05) is 6.07 Å². The zero-order valence-corrected chi connectivity index (χ0v) is 17.7. The smallest absolute Gasteiger partial charge is 0.182 e. The molecule has 5 fully saturated rings. The summed E-state index contributed by atoms with van der Waals surface area (Å²) >= 11 is 0. The Morgan fingerprint density at radius 2 is 1.97 bits per heavy atom. The van der Waals surface area contributed by atoms with E-state index in [-0.39, 0.29) is 12.1 Å². The van der Waals surface area contributed by atoms with Crippen molar-refractivity contribution in [1.82, 2.24) is 15.2 Å². The third kappa shape index (κ3) is 3.67. The first-order chi connectivity index (χ1) is 14.5. The molecular weight excluding hydrogens is 376 g/mol. The minimum atomic E-state index is -0.446. The van der Waals surface area contributed by atoms with Gasteiger partial charge >= 0.3 is 0 Å². The first-order valence-corrected chi connectivity index (χ1v) is 11.4. The van der Waals surface area contributed by atoms with Crippen molar-refractivity contribution >= 4 is 11.7 Å². The van der Waals surface area contributed by atoms with Gasteiger partial charge in [-0.15, -0.1) is 0 Å². The molecule has 0 radical (unpaired) electrons. The SMILES string of the molecule is CC(C(=NC1C2CC3CC1CC(O)(C3)C2)NC#N)N1CCN(c2ccccn2)CC1. The molecule has 7 heteroatoms. The lowest BCUT2D eigenvalue weighted by Gasteiger charge is -2.57. The van der Waals surface area contributed by atoms with Crippen LogP contribution >= 0.6 is 0 Å². The lowest BCUT2D eigenvalue weighted by molar-refractivity contribution is -0.132. The number of pyridine rings is 1. The molecule has 1 aliphatic heterocycles. The van der Waals surface area contributed by atoms with Gasteiger partial charge in [-0.05, 0) is 68.9 Å². The molecule has 7 nitrogen and oxygen atoms in total. The predicted molar refractivity (Wildman–Crippen MR) is 116 cm³/mol. The second kappa shape index (κ2) is 7.82. The van der Waals surface area contributed by atoms with Crippen LogP contribution in [0.4, 0.5) is 5.82 Å². The summed E-state index contributed by atoms with van der Waals surface area (Å²) in [6.07, 6.45) is 9.08. The molecule has 2 heterocycles. The number of anilines is 1. The largest absolute Gasteiger partial charge is 0.390 e. The molecule has 6 rings (SSSR count). The molecule has 2 N–H and O–H groups in total. The Morgan fingerprint density at radius 1 is 1.23 bits per heavy atom. The minimum Gasteiger partial charge on any atom is -0.390 e. The van der Waals surface area contributed by atoms with E-state index in [0.29, 0.717) is 17.8 Å². The summed E-state index contributed by atoms with van der Waals surface area (Å²) in [7, 11) is 0. The molecule has 0 amide bonds. The number of aromatic nitrogens is 1. The lowest BCUT2D eigenvalue weighted by atomic mass is 9.52. The molecule has 4 saturated carbocycles. The third-order valence-electron chi connectivity index (χ3n) is 7.89. The van der Waals surface area contributed by atoms with Gasteiger partial charge in [0.2, 0.25) is 0 Å². The number of amidine groups is 1. The normalized spacial score (nSPS) is 37.1. The van der Waals surface area contributed by atoms with E-state index in [1.54, 1.807) is 0 Å². The summed E-state index contributed by atoms with van der Waals surface area (Å²) in [5.74, 6) is 3.42. The molecule has 3 unspecified atom stereocenters. The van der Waals surface area contributed by atoms with Crippen molar-refractivity contribution in [2.45, 2.75) is 56.7 Å². The first-order valence-electron chi connectivity index (χ1n) is 11.4. The Balaban J connectivity index is 1.28. The fourth-order valence-electron chi connectivity index (χ4n) is 6.68. The Hall–Kier alpha value is -2.17. The van der Waals surface area contributed by atoms with Gasteiger partial charge in [0.25, 0.3) is 0 Å². The zero-order chi connectivity index (χ0) is 20.7. The van der Waals surface area contributed by atoms with Crippen molar-refractivity contribution in [1.29, 1.82) is 5.26 Å². The van der Waals surface area contributed by atoms with Crippen molar-refractivity contribution < 1.29 is 5.11 Å². The second-order valence-corrected chi connectivity index (χ2v) is 9.82. The summed E-state index contributed by atoms with van der Waals surface area (Å²) < 4.78 is 0. The van der Waals surface area contributed by atoms with Crippen molar-refractivity contribution in [3.63, 3.8) is 0 Å². The van der Waals surface area contributed by atoms with E-state index >= 15 is 0 Å². The van der Waals surface area contributed by atoms with Gasteiger partial charge in [0.15, 0.2) is 6.19 Å². The maximum atomic E-state index is 10.9. The van der Waals surface area contributed by atoms with E-state index in [9.17, 15) is 10.4 Å². The van der Waals surface area contributed by atoms with E-state index in [1.807, 2.05) is 18.3 Å². The summed E-state index contributed by atoms with van der Waals surface area (Å²) in [4.78, 5) is 14.3. The highest BCUT2D eigenvalue weighted by Crippen LogP contribution is 2.56. The molecular formula is C23H32N6O. The molecule has 5 aliphatic rings. The van der Waals surface area contributed by atoms with E-state index in [1.165, 1.54) is 12.8 Å². The van der Waals surface area contributed by atoms with Crippen LogP contribution in [0, 0.1) is 29.2 Å². The summed E-state index contributed by atoms with van der Waals surface area (Å²) in [5, 5.41) is 23.2. The van der Waals surface area contributed by atoms with Crippen LogP contribution in [-0.2, 0) is 0 Å². The number of aliphatic hydroxyl groups is 1. The quantitative estimate of drug-likeness (QED) is 0.343. The Kier molecular flexibility index (Phi) is 5.16. The molecule has 1 aromatic rings. The number of rotatable bonds is 4. The van der Waals surface area contributed by atoms with E-state index < -0.39 is 5.60 Å². The second-order valence-electron chi connectivity index (χ2n) is 9.82. The van der Waals surface area contributed by atoms with E-state index in [0.717, 1.165) is 57.1 Å². The fraction of sp³-hybridized carbons (Fsp3) is 0.696. The van der Waals surface area contributed by atoms with Crippen molar-refractivity contribution in [3.05, 3.63) is 24.4 Å². The van der Waals surface area contributed by atoms with Crippen LogP contribution in [0.5, 0.6) is 0 Å². The Bertz CT molecular complexity index is 812. The fourth-order valence-corrected chi connectivity index (χ4v) is 6.68. The summed E-state index contributed by atoms with van der Waals surface area (Å²) in [6, 6.07) is 6.36. The van der Waals surface area contributed by atoms with Gasteiger partial charge in [0.05, 0.1) is 17.7 Å². The standard InChI is InChI=1S/C23H32N6O/c1-16(28-6-8-29(9-7-28)20-4-2-3-5-25-20)22(26-15-24)27-21-18-10-17-11-19(21)14-23(30,12-17)13-18/h2-5,16-19,21,30H,6-14H2,1H3,(H,26,27). The van der Waals surface area contributed by atoms with Crippen LogP contribution < -0.4 is 10.2 Å². The topological polar surface area (TPSA) is 87.8 Å². The van der Waals surface area contributed by atoms with Crippen molar-refractivity contribution in [2.24, 2.45) is 22.7 Å². The van der Waals surface area contributed by atoms with Gasteiger partial charge in [0.1, 0.15) is 11.7 Å². The van der Waals surface area contributed by atoms with E-state index in [4.69, 9.17) is 4.99 Å². The van der Waals surface area contributed by atoms with Crippen LogP contribution in [0.2, 0.25) is 0 Å². The highest BCUT2D eigenvalue weighted by Gasteiger charge is 2.55. The molecule has 0 aromatic carbocycles. The van der Waals surface area contributed by atoms with Crippen LogP contribution in [0.1, 0.15) is 39.0 Å². The number of nitriles is 1. The lowest BCUT2D eigenvalue weighted by Crippen LogP contribution is -2.57. The van der Waals surface area contributed by atoms with Gasteiger partial charge in [0, 0.05) is 32.4 Å². The molecule has 4 aliphatic carbocycles. The molecule has 30 heavy (non-hydrogen) atoms. The Labute approximate surface area is 178 Å². The molecule has 160 valence electrons. The number of hydrogen-bond acceptors (Lipinski definition) is 6. The van der Waals surface area contributed by atoms with Crippen LogP contribution in [0.3, 0.4) is 0 Å². The monoisotopic (exact) mass is 408 g/mol. The summed E-state index contributed by atoms with van der Waals surface area (Å²) in [5.41, 5.74) is -0.446. The molecule has 1 aromatic heterocycles. The highest BCUT2D eigenvalue weighted by molar-refractivity contribution is 5.88. The third-order valence-corrected chi connectivity index (χ3v) is 7.89. The predicted octanol–water partition coefficient (Wildman–Crippen LogP) is 2.00. The number of nitrogens with one attached hydrogen (secondary N) is 1. The maximum absolute atomic E-state index is 10.9. The van der Waals surface area contributed by atoms with Crippen LogP contribution in [0.25, 0.3) is 0 Å². The van der Waals surface area contributed by atoms with Crippen LogP contribution in [0.15, 0.2) is 29.4 Å². The maximum Gasteiger partial charge on any atom is 0.182 e. The molecule has 4 bridgehead atoms. The average Bonchev–Trinajstić information content (AvgIpc) is 2.74. The molecule has 0 spiro atoms. The Morgan fingerprint density at radius 3 is 2.57 bits per heavy atom. The van der Waals surface area contributed by atoms with Crippen molar-refractivity contribution in [2.75, 3.05) is 31.1 Å². The van der Waals surface area contributed by atoms with E-state index in [2.05, 4.69) is 39.3 Å². The van der Waals surface area contributed by atoms with Gasteiger partial charge in [-0.25, -0.2) is 4.98 Å². The number of aliphatic imine (C=N–C) groups is 1. The number of hydrogen-bond donors (Lipinski definition) is 2. The minimum absolute atomic E-state index is 0.0795. The average molecular weight is 409 g/mol. The van der Waals surface area contributed by atoms with Gasteiger partial charge in [-0.3, -0.25) is 15.2 Å². The number of nitrogens with zero attached hydrogens (tertiary/aromatic N) is 5.